The Hall–Kier alpha value is -1.20. The van der Waals surface area contributed by atoms with Gasteiger partial charge in [0.05, 0.1) is 0 Å². The Balaban J connectivity index is 2.51. The number of rotatable bonds is 6. The van der Waals surface area contributed by atoms with Crippen LogP contribution in [-0.2, 0) is 9.59 Å². The summed E-state index contributed by atoms with van der Waals surface area (Å²) in [6, 6.07) is 0. The first-order valence-electron chi connectivity index (χ1n) is 5.22. The van der Waals surface area contributed by atoms with Gasteiger partial charge in [-0.2, -0.15) is 0 Å². The number of amides is 2. The molecule has 0 aromatic rings. The zero-order chi connectivity index (χ0) is 11.3. The molecule has 0 radical (unpaired) electrons. The molecule has 1 atom stereocenters. The first-order valence-corrected chi connectivity index (χ1v) is 5.22. The molecule has 5 heteroatoms. The molecule has 0 aliphatic carbocycles. The van der Waals surface area contributed by atoms with Crippen molar-refractivity contribution in [3.05, 3.63) is 12.2 Å². The number of nitrogens with zero attached hydrogens (tertiary/aromatic N) is 1. The molecule has 1 unspecified atom stereocenters. The maximum Gasteiger partial charge on any atom is 0.254 e. The maximum atomic E-state index is 11.3. The lowest BCUT2D eigenvalue weighted by Crippen LogP contribution is -2.51. The molecule has 1 aliphatic heterocycles. The summed E-state index contributed by atoms with van der Waals surface area (Å²) in [6.45, 7) is 2.10. The van der Waals surface area contributed by atoms with E-state index in [1.807, 2.05) is 0 Å². The summed E-state index contributed by atoms with van der Waals surface area (Å²) in [5.41, 5.74) is 2.51. The Labute approximate surface area is 89.3 Å². The molecule has 15 heavy (non-hydrogen) atoms. The maximum absolute atomic E-state index is 11.3. The second-order valence-corrected chi connectivity index (χ2v) is 3.56. The lowest BCUT2D eigenvalue weighted by Gasteiger charge is -2.25. The number of hydrogen-bond acceptors (Lipinski definition) is 4. The third kappa shape index (κ3) is 2.87. The third-order valence-electron chi connectivity index (χ3n) is 2.43. The van der Waals surface area contributed by atoms with Crippen LogP contribution in [0.2, 0.25) is 0 Å². The number of carbonyl (C=O) groups excluding carboxylic acids is 2. The second kappa shape index (κ2) is 5.63. The van der Waals surface area contributed by atoms with Crippen LogP contribution in [0.1, 0.15) is 32.6 Å². The predicted molar refractivity (Wildman–Crippen MR) is 56.2 cm³/mol. The molecule has 1 aliphatic rings. The van der Waals surface area contributed by atoms with Crippen LogP contribution in [-0.4, -0.2) is 22.9 Å². The minimum absolute atomic E-state index is 0.292. The molecule has 0 spiro atoms. The van der Waals surface area contributed by atoms with E-state index in [0.29, 0.717) is 6.42 Å². The number of hydrazine groups is 1. The fraction of sp³-hybridized carbons (Fsp3) is 0.600. The van der Waals surface area contributed by atoms with E-state index in [1.165, 1.54) is 12.2 Å². The first-order chi connectivity index (χ1) is 7.20. The normalized spacial score (nSPS) is 17.6. The molecule has 3 N–H and O–H groups in total. The number of hydrogen-bond donors (Lipinski definition) is 2. The molecule has 5 nitrogen and oxygen atoms in total. The molecule has 0 bridgehead atoms. The minimum atomic E-state index is -0.383. The topological polar surface area (TPSA) is 75.4 Å². The molecule has 0 saturated heterocycles. The van der Waals surface area contributed by atoms with Crippen molar-refractivity contribution in [1.29, 1.82) is 0 Å². The molecule has 0 aromatic carbocycles. The van der Waals surface area contributed by atoms with E-state index < -0.39 is 0 Å². The smallest absolute Gasteiger partial charge is 0.254 e. The molecule has 2 amide bonds. The van der Waals surface area contributed by atoms with Gasteiger partial charge in [-0.1, -0.05) is 19.8 Å². The Morgan fingerprint density at radius 2 is 1.93 bits per heavy atom. The van der Waals surface area contributed by atoms with Crippen molar-refractivity contribution in [1.82, 2.24) is 10.3 Å². The molecule has 0 fully saturated rings. The van der Waals surface area contributed by atoms with E-state index in [4.69, 9.17) is 5.84 Å². The Bertz CT molecular complexity index is 258. The third-order valence-corrected chi connectivity index (χ3v) is 2.43. The highest BCUT2D eigenvalue weighted by Crippen LogP contribution is 2.12. The van der Waals surface area contributed by atoms with Gasteiger partial charge in [-0.3, -0.25) is 20.3 Å². The highest BCUT2D eigenvalue weighted by atomic mass is 16.2. The van der Waals surface area contributed by atoms with Crippen molar-refractivity contribution in [2.75, 3.05) is 0 Å². The summed E-state index contributed by atoms with van der Waals surface area (Å²) in [7, 11) is 0. The second-order valence-electron chi connectivity index (χ2n) is 3.56. The Morgan fingerprint density at radius 3 is 2.40 bits per heavy atom. The minimum Gasteiger partial charge on any atom is -0.270 e. The number of nitrogens with one attached hydrogen (secondary N) is 1. The monoisotopic (exact) mass is 211 g/mol. The molecule has 0 saturated carbocycles. The van der Waals surface area contributed by atoms with Crippen molar-refractivity contribution in [2.24, 2.45) is 5.84 Å². The van der Waals surface area contributed by atoms with Gasteiger partial charge in [0.1, 0.15) is 6.17 Å². The summed E-state index contributed by atoms with van der Waals surface area (Å²) in [4.78, 5) is 23.8. The number of nitrogens with two attached hydrogens (primary N) is 1. The van der Waals surface area contributed by atoms with Gasteiger partial charge in [-0.25, -0.2) is 5.43 Å². The van der Waals surface area contributed by atoms with Crippen LogP contribution in [0.15, 0.2) is 12.2 Å². The van der Waals surface area contributed by atoms with Crippen molar-refractivity contribution in [3.63, 3.8) is 0 Å². The largest absolute Gasteiger partial charge is 0.270 e. The van der Waals surface area contributed by atoms with Gasteiger partial charge in [0.15, 0.2) is 0 Å². The fourth-order valence-electron chi connectivity index (χ4n) is 1.59. The highest BCUT2D eigenvalue weighted by Gasteiger charge is 2.29. The average molecular weight is 211 g/mol. The lowest BCUT2D eigenvalue weighted by molar-refractivity contribution is -0.140. The summed E-state index contributed by atoms with van der Waals surface area (Å²) in [6.07, 6.45) is 5.97. The van der Waals surface area contributed by atoms with Crippen LogP contribution in [0.3, 0.4) is 0 Å². The average Bonchev–Trinajstić information content (AvgIpc) is 2.55. The van der Waals surface area contributed by atoms with E-state index in [0.717, 1.165) is 24.2 Å². The number of carbonyl (C=O) groups is 2. The van der Waals surface area contributed by atoms with Gasteiger partial charge in [-0.15, -0.1) is 0 Å². The summed E-state index contributed by atoms with van der Waals surface area (Å²) < 4.78 is 0. The molecule has 1 heterocycles. The van der Waals surface area contributed by atoms with E-state index in [1.54, 1.807) is 0 Å². The van der Waals surface area contributed by atoms with Crippen LogP contribution < -0.4 is 11.3 Å². The number of imide groups is 1. The molecule has 1 rings (SSSR count). The van der Waals surface area contributed by atoms with Crippen molar-refractivity contribution in [3.8, 4) is 0 Å². The quantitative estimate of drug-likeness (QED) is 0.286. The zero-order valence-corrected chi connectivity index (χ0v) is 8.90. The van der Waals surface area contributed by atoms with Crippen molar-refractivity contribution in [2.45, 2.75) is 38.8 Å². The predicted octanol–water partition coefficient (Wildman–Crippen LogP) is 0.281. The van der Waals surface area contributed by atoms with Crippen LogP contribution >= 0.6 is 0 Å². The standard InChI is InChI=1S/C10H17N3O2/c1-2-3-4-5-8(12-11)13-9(14)6-7-10(13)15/h6-8,12H,2-5,11H2,1H3. The molecule has 84 valence electrons. The van der Waals surface area contributed by atoms with Crippen molar-refractivity contribution < 1.29 is 9.59 Å². The van der Waals surface area contributed by atoms with Gasteiger partial charge in [0, 0.05) is 12.2 Å². The molecule has 0 aromatic heterocycles. The van der Waals surface area contributed by atoms with Gasteiger partial charge in [0.25, 0.3) is 11.8 Å². The fourth-order valence-corrected chi connectivity index (χ4v) is 1.59. The van der Waals surface area contributed by atoms with Gasteiger partial charge in [0.2, 0.25) is 0 Å². The van der Waals surface area contributed by atoms with Gasteiger partial charge in [-0.05, 0) is 12.8 Å². The Morgan fingerprint density at radius 1 is 1.33 bits per heavy atom. The van der Waals surface area contributed by atoms with Crippen LogP contribution in [0.5, 0.6) is 0 Å². The van der Waals surface area contributed by atoms with Crippen LogP contribution in [0.4, 0.5) is 0 Å². The SMILES string of the molecule is CCCCCC(NN)N1C(=O)C=CC1=O. The Kier molecular flexibility index (Phi) is 4.45. The zero-order valence-electron chi connectivity index (χ0n) is 8.90. The molecular formula is C10H17N3O2. The number of unbranched alkanes of at least 4 members (excludes halogenated alkanes) is 2. The van der Waals surface area contributed by atoms with Crippen LogP contribution in [0, 0.1) is 0 Å². The van der Waals surface area contributed by atoms with E-state index in [9.17, 15) is 9.59 Å². The highest BCUT2D eigenvalue weighted by molar-refractivity contribution is 6.13. The van der Waals surface area contributed by atoms with Gasteiger partial charge >= 0.3 is 0 Å². The first kappa shape index (κ1) is 11.9. The summed E-state index contributed by atoms with van der Waals surface area (Å²) >= 11 is 0. The lowest BCUT2D eigenvalue weighted by atomic mass is 10.1. The van der Waals surface area contributed by atoms with Gasteiger partial charge < -0.3 is 0 Å². The van der Waals surface area contributed by atoms with E-state index in [-0.39, 0.29) is 18.0 Å². The van der Waals surface area contributed by atoms with E-state index in [2.05, 4.69) is 12.3 Å². The summed E-state index contributed by atoms with van der Waals surface area (Å²) in [5.74, 6) is 4.75. The van der Waals surface area contributed by atoms with Crippen LogP contribution in [0.25, 0.3) is 0 Å². The molecular weight excluding hydrogens is 194 g/mol. The van der Waals surface area contributed by atoms with E-state index >= 15 is 0 Å². The summed E-state index contributed by atoms with van der Waals surface area (Å²) in [5, 5.41) is 0. The van der Waals surface area contributed by atoms with Crippen molar-refractivity contribution >= 4 is 11.8 Å².